The van der Waals surface area contributed by atoms with Gasteiger partial charge in [-0.2, -0.15) is 0 Å². The molecule has 0 aliphatic rings. The molecule has 1 aromatic heterocycles. The molecule has 0 aliphatic heterocycles. The second kappa shape index (κ2) is 11.0. The van der Waals surface area contributed by atoms with E-state index in [9.17, 15) is 4.79 Å². The van der Waals surface area contributed by atoms with E-state index in [1.807, 2.05) is 69.3 Å². The summed E-state index contributed by atoms with van der Waals surface area (Å²) in [6, 6.07) is 17.9. The number of aromatic carboxylic acids is 1. The fourth-order valence-electron chi connectivity index (χ4n) is 3.89. The van der Waals surface area contributed by atoms with Gasteiger partial charge in [0.05, 0.1) is 21.2 Å². The third-order valence-corrected chi connectivity index (χ3v) is 6.39. The van der Waals surface area contributed by atoms with Gasteiger partial charge in [-0.15, -0.1) is 0 Å². The summed E-state index contributed by atoms with van der Waals surface area (Å²) in [5, 5.41) is 14.6. The number of ether oxygens (including phenoxy) is 1. The van der Waals surface area contributed by atoms with E-state index in [0.29, 0.717) is 21.5 Å². The first-order chi connectivity index (χ1) is 17.2. The van der Waals surface area contributed by atoms with Gasteiger partial charge in [0.2, 0.25) is 0 Å². The van der Waals surface area contributed by atoms with Crippen LogP contribution in [0.3, 0.4) is 0 Å². The average molecular weight is 522 g/mol. The van der Waals surface area contributed by atoms with E-state index in [2.05, 4.69) is 5.16 Å². The fraction of sp³-hybridized carbons (Fsp3) is 0.172. The lowest BCUT2D eigenvalue weighted by atomic mass is 9.98. The van der Waals surface area contributed by atoms with E-state index < -0.39 is 5.97 Å². The summed E-state index contributed by atoms with van der Waals surface area (Å²) in [4.78, 5) is 11.2. The Morgan fingerprint density at radius 1 is 1.06 bits per heavy atom. The van der Waals surface area contributed by atoms with E-state index in [0.717, 1.165) is 33.6 Å². The van der Waals surface area contributed by atoms with Gasteiger partial charge in [0.15, 0.2) is 0 Å². The molecule has 0 spiro atoms. The minimum Gasteiger partial charge on any atom is -0.489 e. The number of hydrogen-bond donors (Lipinski definition) is 1. The van der Waals surface area contributed by atoms with Gasteiger partial charge in [-0.1, -0.05) is 78.6 Å². The Bertz CT molecular complexity index is 1420. The van der Waals surface area contributed by atoms with Gasteiger partial charge in [0.25, 0.3) is 0 Å². The van der Waals surface area contributed by atoms with Crippen LogP contribution in [0.5, 0.6) is 5.75 Å². The zero-order valence-electron chi connectivity index (χ0n) is 20.1. The maximum Gasteiger partial charge on any atom is 0.335 e. The van der Waals surface area contributed by atoms with Crippen LogP contribution < -0.4 is 4.74 Å². The highest BCUT2D eigenvalue weighted by Gasteiger charge is 2.23. The molecule has 4 rings (SSSR count). The van der Waals surface area contributed by atoms with E-state index in [4.69, 9.17) is 37.6 Å². The molecule has 0 radical (unpaired) electrons. The molecule has 0 fully saturated rings. The number of carbonyl (C=O) groups is 1. The Morgan fingerprint density at radius 3 is 2.53 bits per heavy atom. The number of hydrogen-bond acceptors (Lipinski definition) is 4. The van der Waals surface area contributed by atoms with Crippen LogP contribution in [0.1, 0.15) is 58.1 Å². The minimum absolute atomic E-state index is 0.114. The normalized spacial score (nSPS) is 11.4. The van der Waals surface area contributed by atoms with Crippen molar-refractivity contribution in [3.05, 3.63) is 104 Å². The molecule has 0 saturated carbocycles. The van der Waals surface area contributed by atoms with Crippen molar-refractivity contribution in [2.75, 3.05) is 0 Å². The summed E-state index contributed by atoms with van der Waals surface area (Å²) in [5.41, 5.74) is 5.13. The molecular weight excluding hydrogens is 497 g/mol. The highest BCUT2D eigenvalue weighted by molar-refractivity contribution is 6.33. The second-order valence-corrected chi connectivity index (χ2v) is 9.51. The molecule has 36 heavy (non-hydrogen) atoms. The third kappa shape index (κ3) is 5.64. The number of benzene rings is 3. The molecule has 5 nitrogen and oxygen atoms in total. The van der Waals surface area contributed by atoms with Crippen LogP contribution in [0.15, 0.2) is 65.2 Å². The zero-order chi connectivity index (χ0) is 25.8. The lowest BCUT2D eigenvalue weighted by molar-refractivity contribution is 0.0697. The fourth-order valence-corrected chi connectivity index (χ4v) is 4.44. The lowest BCUT2D eigenvalue weighted by Crippen LogP contribution is -2.02. The molecule has 0 aliphatic carbocycles. The van der Waals surface area contributed by atoms with Crippen LogP contribution in [0.25, 0.3) is 23.4 Å². The highest BCUT2D eigenvalue weighted by Crippen LogP contribution is 2.37. The monoisotopic (exact) mass is 521 g/mol. The molecule has 4 aromatic rings. The Balaban J connectivity index is 1.55. The third-order valence-electron chi connectivity index (χ3n) is 5.75. The summed E-state index contributed by atoms with van der Waals surface area (Å²) < 4.78 is 11.8. The molecule has 0 amide bonds. The van der Waals surface area contributed by atoms with Crippen LogP contribution >= 0.6 is 23.2 Å². The van der Waals surface area contributed by atoms with Crippen molar-refractivity contribution in [2.24, 2.45) is 0 Å². The van der Waals surface area contributed by atoms with Crippen molar-refractivity contribution in [1.82, 2.24) is 5.16 Å². The second-order valence-electron chi connectivity index (χ2n) is 8.70. The molecule has 0 unspecified atom stereocenters. The summed E-state index contributed by atoms with van der Waals surface area (Å²) >= 11 is 13.0. The van der Waals surface area contributed by atoms with Crippen molar-refractivity contribution in [3.63, 3.8) is 0 Å². The SMILES string of the molecule is Cc1cccc(Cl)c1-c1noc(C(C)C)c1COc1ccc(/C=C/c2cccc(C(=O)O)c2)c(Cl)c1. The largest absolute Gasteiger partial charge is 0.489 e. The molecule has 3 aromatic carbocycles. The zero-order valence-corrected chi connectivity index (χ0v) is 21.6. The molecule has 7 heteroatoms. The minimum atomic E-state index is -0.967. The highest BCUT2D eigenvalue weighted by atomic mass is 35.5. The molecule has 0 atom stereocenters. The van der Waals surface area contributed by atoms with Crippen molar-refractivity contribution in [1.29, 1.82) is 0 Å². The molecule has 1 heterocycles. The smallest absolute Gasteiger partial charge is 0.335 e. The van der Waals surface area contributed by atoms with Gasteiger partial charge < -0.3 is 14.4 Å². The summed E-state index contributed by atoms with van der Waals surface area (Å²) in [5.74, 6) is 0.496. The van der Waals surface area contributed by atoms with Gasteiger partial charge in [-0.05, 0) is 60.0 Å². The average Bonchev–Trinajstić information content (AvgIpc) is 3.26. The van der Waals surface area contributed by atoms with Crippen molar-refractivity contribution in [3.8, 4) is 17.0 Å². The van der Waals surface area contributed by atoms with E-state index in [1.165, 1.54) is 0 Å². The van der Waals surface area contributed by atoms with Crippen molar-refractivity contribution >= 4 is 41.3 Å². The van der Waals surface area contributed by atoms with E-state index >= 15 is 0 Å². The molecule has 184 valence electrons. The summed E-state index contributed by atoms with van der Waals surface area (Å²) in [6.45, 7) is 6.30. The Kier molecular flexibility index (Phi) is 7.82. The molecule has 0 bridgehead atoms. The van der Waals surface area contributed by atoms with Crippen LogP contribution in [0.4, 0.5) is 0 Å². The number of rotatable bonds is 8. The molecular formula is C29H25Cl2NO4. The van der Waals surface area contributed by atoms with Gasteiger partial charge in [0.1, 0.15) is 23.8 Å². The van der Waals surface area contributed by atoms with E-state index in [-0.39, 0.29) is 18.1 Å². The maximum atomic E-state index is 11.2. The van der Waals surface area contributed by atoms with Crippen LogP contribution in [-0.2, 0) is 6.61 Å². The van der Waals surface area contributed by atoms with Gasteiger partial charge >= 0.3 is 5.97 Å². The Hall–Kier alpha value is -3.54. The lowest BCUT2D eigenvalue weighted by Gasteiger charge is -2.12. The number of aryl methyl sites for hydroxylation is 1. The quantitative estimate of drug-likeness (QED) is 0.235. The summed E-state index contributed by atoms with van der Waals surface area (Å²) in [7, 11) is 0. The standard InChI is InChI=1S/C29H25Cl2NO4/c1-17(2)28-23(27(32-36-28)26-18(3)6-4-9-24(26)30)16-35-22-13-12-20(25(31)15-22)11-10-19-7-5-8-21(14-19)29(33)34/h4-15,17H,16H2,1-3H3,(H,33,34)/b11-10+. The first-order valence-electron chi connectivity index (χ1n) is 11.4. The van der Waals surface area contributed by atoms with Gasteiger partial charge in [0, 0.05) is 11.5 Å². The van der Waals surface area contributed by atoms with Crippen molar-refractivity contribution in [2.45, 2.75) is 33.3 Å². The molecule has 1 N–H and O–H groups in total. The number of aromatic nitrogens is 1. The number of carboxylic acid groups (broad SMARTS) is 1. The predicted octanol–water partition coefficient (Wildman–Crippen LogP) is 8.53. The predicted molar refractivity (Wildman–Crippen MR) is 144 cm³/mol. The van der Waals surface area contributed by atoms with Crippen LogP contribution in [0, 0.1) is 6.92 Å². The summed E-state index contributed by atoms with van der Waals surface area (Å²) in [6.07, 6.45) is 3.65. The first kappa shape index (κ1) is 25.5. The Labute approximate surface area is 219 Å². The van der Waals surface area contributed by atoms with Crippen molar-refractivity contribution < 1.29 is 19.2 Å². The topological polar surface area (TPSA) is 72.6 Å². The number of nitrogens with zero attached hydrogens (tertiary/aromatic N) is 1. The number of halogens is 2. The van der Waals surface area contributed by atoms with Gasteiger partial charge in [-0.3, -0.25) is 0 Å². The van der Waals surface area contributed by atoms with Gasteiger partial charge in [-0.25, -0.2) is 4.79 Å². The molecule has 0 saturated heterocycles. The van der Waals surface area contributed by atoms with Crippen LogP contribution in [-0.4, -0.2) is 16.2 Å². The Morgan fingerprint density at radius 2 is 1.83 bits per heavy atom. The van der Waals surface area contributed by atoms with Crippen LogP contribution in [0.2, 0.25) is 10.0 Å². The first-order valence-corrected chi connectivity index (χ1v) is 12.2. The maximum absolute atomic E-state index is 11.2. The number of carboxylic acids is 1. The van der Waals surface area contributed by atoms with E-state index in [1.54, 1.807) is 24.3 Å².